The van der Waals surface area contributed by atoms with E-state index in [1.165, 1.54) is 20.2 Å². The van der Waals surface area contributed by atoms with Crippen molar-refractivity contribution in [1.82, 2.24) is 25.8 Å². The molecule has 1 heterocycles. The highest BCUT2D eigenvalue weighted by molar-refractivity contribution is 5.77. The molecule has 100 valence electrons. The quantitative estimate of drug-likeness (QED) is 0.602. The van der Waals surface area contributed by atoms with E-state index in [-0.39, 0.29) is 12.6 Å². The number of urea groups is 1. The molecule has 0 spiro atoms. The van der Waals surface area contributed by atoms with Gasteiger partial charge in [0.25, 0.3) is 0 Å². The maximum absolute atomic E-state index is 11.5. The number of hydrogen-bond acceptors (Lipinski definition) is 4. The Labute approximate surface area is 104 Å². The van der Waals surface area contributed by atoms with Crippen molar-refractivity contribution in [1.29, 1.82) is 0 Å². The van der Waals surface area contributed by atoms with Gasteiger partial charge in [0.15, 0.2) is 0 Å². The molecule has 0 aliphatic rings. The van der Waals surface area contributed by atoms with Crippen molar-refractivity contribution in [3.63, 3.8) is 0 Å². The van der Waals surface area contributed by atoms with Gasteiger partial charge in [-0.3, -0.25) is 9.89 Å². The standard InChI is InChI=1S/C10H17N5O3/c1-6(7-12-5-13-15-7)14-9(18)11-4-10(2,3)8(16)17/h5-6H,4H2,1-3H3,(H,16,17)(H2,11,14,18)(H,12,13,15). The molecule has 0 saturated carbocycles. The van der Waals surface area contributed by atoms with Crippen molar-refractivity contribution >= 4 is 12.0 Å². The average Bonchev–Trinajstić information content (AvgIpc) is 2.79. The van der Waals surface area contributed by atoms with Crippen molar-refractivity contribution in [2.24, 2.45) is 5.41 Å². The number of carboxylic acids is 1. The summed E-state index contributed by atoms with van der Waals surface area (Å²) in [4.78, 5) is 26.3. The van der Waals surface area contributed by atoms with Gasteiger partial charge in [0, 0.05) is 6.54 Å². The van der Waals surface area contributed by atoms with E-state index in [1.807, 2.05) is 0 Å². The molecule has 1 aromatic heterocycles. The van der Waals surface area contributed by atoms with Gasteiger partial charge in [-0.05, 0) is 20.8 Å². The molecule has 4 N–H and O–H groups in total. The minimum Gasteiger partial charge on any atom is -0.481 e. The lowest BCUT2D eigenvalue weighted by atomic mass is 9.94. The van der Waals surface area contributed by atoms with Gasteiger partial charge in [0.2, 0.25) is 0 Å². The van der Waals surface area contributed by atoms with Crippen LogP contribution in [0.1, 0.15) is 32.6 Å². The van der Waals surface area contributed by atoms with Crippen LogP contribution in [0.5, 0.6) is 0 Å². The minimum atomic E-state index is -1.01. The van der Waals surface area contributed by atoms with Crippen molar-refractivity contribution in [3.8, 4) is 0 Å². The summed E-state index contributed by atoms with van der Waals surface area (Å²) in [6.07, 6.45) is 1.35. The zero-order valence-corrected chi connectivity index (χ0v) is 10.5. The molecule has 0 bridgehead atoms. The lowest BCUT2D eigenvalue weighted by Crippen LogP contribution is -2.44. The van der Waals surface area contributed by atoms with Crippen molar-refractivity contribution < 1.29 is 14.7 Å². The van der Waals surface area contributed by atoms with Gasteiger partial charge in [-0.15, -0.1) is 0 Å². The molecule has 0 fully saturated rings. The van der Waals surface area contributed by atoms with E-state index in [2.05, 4.69) is 25.8 Å². The maximum Gasteiger partial charge on any atom is 0.315 e. The number of rotatable bonds is 5. The van der Waals surface area contributed by atoms with Crippen molar-refractivity contribution in [3.05, 3.63) is 12.2 Å². The van der Waals surface area contributed by atoms with E-state index in [4.69, 9.17) is 5.11 Å². The van der Waals surface area contributed by atoms with E-state index in [9.17, 15) is 9.59 Å². The molecule has 0 aliphatic heterocycles. The van der Waals surface area contributed by atoms with Crippen LogP contribution in [-0.2, 0) is 4.79 Å². The summed E-state index contributed by atoms with van der Waals surface area (Å²) in [6, 6.07) is -0.784. The first-order valence-corrected chi connectivity index (χ1v) is 5.46. The average molecular weight is 255 g/mol. The van der Waals surface area contributed by atoms with Gasteiger partial charge in [0.1, 0.15) is 12.2 Å². The summed E-state index contributed by atoms with van der Waals surface area (Å²) in [5, 5.41) is 20.3. The fraction of sp³-hybridized carbons (Fsp3) is 0.600. The number of aromatic nitrogens is 3. The number of aliphatic carboxylic acids is 1. The number of nitrogens with one attached hydrogen (secondary N) is 3. The molecular formula is C10H17N5O3. The van der Waals surface area contributed by atoms with Gasteiger partial charge in [-0.1, -0.05) is 0 Å². The molecule has 18 heavy (non-hydrogen) atoms. The second-order valence-electron chi connectivity index (χ2n) is 4.61. The molecule has 0 radical (unpaired) electrons. The molecule has 0 saturated heterocycles. The van der Waals surface area contributed by atoms with Crippen LogP contribution in [0, 0.1) is 5.41 Å². The third kappa shape index (κ3) is 3.72. The largest absolute Gasteiger partial charge is 0.481 e. The van der Waals surface area contributed by atoms with Crippen LogP contribution in [0.25, 0.3) is 0 Å². The SMILES string of the molecule is CC(NC(=O)NCC(C)(C)C(=O)O)c1ncn[nH]1. The number of hydrogen-bond donors (Lipinski definition) is 4. The van der Waals surface area contributed by atoms with E-state index in [1.54, 1.807) is 6.92 Å². The topological polar surface area (TPSA) is 120 Å². The predicted octanol–water partition coefficient (Wildman–Crippen LogP) is 0.276. The lowest BCUT2D eigenvalue weighted by Gasteiger charge is -2.20. The van der Waals surface area contributed by atoms with Crippen LogP contribution in [0.2, 0.25) is 0 Å². The van der Waals surface area contributed by atoms with E-state index in [0.717, 1.165) is 0 Å². The number of carbonyl (C=O) groups is 2. The third-order valence-corrected chi connectivity index (χ3v) is 2.46. The Morgan fingerprint density at radius 1 is 1.56 bits per heavy atom. The Morgan fingerprint density at radius 3 is 2.72 bits per heavy atom. The summed E-state index contributed by atoms with van der Waals surface area (Å²) < 4.78 is 0. The Balaban J connectivity index is 2.41. The highest BCUT2D eigenvalue weighted by atomic mass is 16.4. The van der Waals surface area contributed by atoms with E-state index in [0.29, 0.717) is 5.82 Å². The fourth-order valence-corrected chi connectivity index (χ4v) is 1.12. The second kappa shape index (κ2) is 5.48. The van der Waals surface area contributed by atoms with Gasteiger partial charge < -0.3 is 15.7 Å². The number of aromatic amines is 1. The number of carboxylic acid groups (broad SMARTS) is 1. The highest BCUT2D eigenvalue weighted by Gasteiger charge is 2.27. The molecule has 1 aromatic rings. The predicted molar refractivity (Wildman–Crippen MR) is 62.7 cm³/mol. The van der Waals surface area contributed by atoms with Crippen LogP contribution < -0.4 is 10.6 Å². The summed E-state index contributed by atoms with van der Waals surface area (Å²) >= 11 is 0. The highest BCUT2D eigenvalue weighted by Crippen LogP contribution is 2.13. The van der Waals surface area contributed by atoms with Crippen molar-refractivity contribution in [2.45, 2.75) is 26.8 Å². The van der Waals surface area contributed by atoms with Crippen LogP contribution in [0.15, 0.2) is 6.33 Å². The Bertz CT molecular complexity index is 415. The summed E-state index contributed by atoms with van der Waals surface area (Å²) in [5.41, 5.74) is -1.01. The normalized spacial score (nSPS) is 12.8. The number of H-pyrrole nitrogens is 1. The zero-order chi connectivity index (χ0) is 13.8. The minimum absolute atomic E-state index is 0.0390. The molecule has 8 heteroatoms. The zero-order valence-electron chi connectivity index (χ0n) is 10.5. The summed E-state index contributed by atoms with van der Waals surface area (Å²) in [6.45, 7) is 4.85. The lowest BCUT2D eigenvalue weighted by molar-refractivity contribution is -0.146. The smallest absolute Gasteiger partial charge is 0.315 e. The molecular weight excluding hydrogens is 238 g/mol. The number of carbonyl (C=O) groups excluding carboxylic acids is 1. The molecule has 0 aliphatic carbocycles. The molecule has 1 rings (SSSR count). The summed E-state index contributed by atoms with van der Waals surface area (Å²) in [5.74, 6) is -0.436. The Hall–Kier alpha value is -2.12. The Morgan fingerprint density at radius 2 is 2.22 bits per heavy atom. The molecule has 0 aromatic carbocycles. The van der Waals surface area contributed by atoms with Crippen LogP contribution in [-0.4, -0.2) is 38.8 Å². The van der Waals surface area contributed by atoms with Gasteiger partial charge in [0.05, 0.1) is 11.5 Å². The molecule has 8 nitrogen and oxygen atoms in total. The summed E-state index contributed by atoms with van der Waals surface area (Å²) in [7, 11) is 0. The van der Waals surface area contributed by atoms with Gasteiger partial charge in [-0.25, -0.2) is 9.78 Å². The van der Waals surface area contributed by atoms with Crippen LogP contribution in [0.3, 0.4) is 0 Å². The molecule has 2 amide bonds. The second-order valence-corrected chi connectivity index (χ2v) is 4.61. The first-order chi connectivity index (χ1) is 8.33. The number of nitrogens with zero attached hydrogens (tertiary/aromatic N) is 2. The van der Waals surface area contributed by atoms with Gasteiger partial charge >= 0.3 is 12.0 Å². The van der Waals surface area contributed by atoms with Crippen LogP contribution in [0.4, 0.5) is 4.79 Å². The Kier molecular flexibility index (Phi) is 4.24. The first-order valence-electron chi connectivity index (χ1n) is 5.46. The fourth-order valence-electron chi connectivity index (χ4n) is 1.12. The van der Waals surface area contributed by atoms with Crippen LogP contribution >= 0.6 is 0 Å². The molecule has 1 unspecified atom stereocenters. The first kappa shape index (κ1) is 13.9. The monoisotopic (exact) mass is 255 g/mol. The van der Waals surface area contributed by atoms with Gasteiger partial charge in [-0.2, -0.15) is 5.10 Å². The van der Waals surface area contributed by atoms with E-state index >= 15 is 0 Å². The third-order valence-electron chi connectivity index (χ3n) is 2.46. The number of amides is 2. The van der Waals surface area contributed by atoms with E-state index < -0.39 is 17.4 Å². The molecule has 1 atom stereocenters. The maximum atomic E-state index is 11.5. The van der Waals surface area contributed by atoms with Crippen molar-refractivity contribution in [2.75, 3.05) is 6.54 Å².